The first-order valence-corrected chi connectivity index (χ1v) is 20.5. The fourth-order valence-electron chi connectivity index (χ4n) is 7.49. The van der Waals surface area contributed by atoms with E-state index in [-0.39, 0.29) is 43.5 Å². The molecule has 0 amide bonds. The third-order valence-corrected chi connectivity index (χ3v) is 11.1. The Hall–Kier alpha value is -5.57. The molecule has 63 heavy (non-hydrogen) atoms. The molecule has 0 saturated heterocycles. The Morgan fingerprint density at radius 2 is 1.37 bits per heavy atom. The summed E-state index contributed by atoms with van der Waals surface area (Å²) in [6.07, 6.45) is -0.757. The molecule has 4 nitrogen and oxygen atoms in total. The number of hydrogen-bond acceptors (Lipinski definition) is 3. The standard InChI is InChI=1S/C58H60N3O.Pt/c1-36(2)40-23-26-51(48(33-40)39-17-14-13-15-18-39)61-52-20-16-19-47(53(52)60-55(61)49-35-45(57(7,8)9)29-37(3)54(49)62)42-30-43(32-46(31-42)58(10,11)12)50-34-41(27-28-59-50)38-21-24-44(25-22-38)56(4,5)6;/h13-29,31-36,62H,1-12H3;/q-1;/i4D3,5D3,6D3,21D,22D,24D,25D,27D,28D,34D,36D;. The van der Waals surface area contributed by atoms with Crippen molar-refractivity contribution in [1.29, 1.82) is 0 Å². The van der Waals surface area contributed by atoms with Crippen molar-refractivity contribution in [1.82, 2.24) is 14.5 Å². The van der Waals surface area contributed by atoms with Crippen LogP contribution in [0.1, 0.15) is 133 Å². The fraction of sp³-hybridized carbons (Fsp3) is 0.276. The molecular weight excluding hydrogens is 950 g/mol. The van der Waals surface area contributed by atoms with Gasteiger partial charge in [-0.1, -0.05) is 172 Å². The number of benzene rings is 6. The zero-order chi connectivity index (χ0) is 58.8. The number of hydrogen-bond donors (Lipinski definition) is 1. The quantitative estimate of drug-likeness (QED) is 0.162. The second kappa shape index (κ2) is 17.2. The van der Waals surface area contributed by atoms with Gasteiger partial charge in [-0.15, -0.1) is 29.3 Å². The SMILES string of the molecule is [2H]c1nc(-c2[c-]c(-c3cccc4c3nc(-c3cc(C(C)(C)C)cc(C)c3O)n4-c3ccc(C([2H])(C)C)cc3-c3ccccc3)cc(C(C)(C)C)c2)c([2H])c(-c2c([2H])c([2H])c(C(C([2H])([2H])[2H])(C([2H])([2H])[2H])C([2H])([2H])[2H])c([2H])c2[2H])c1[2H].[Pt]. The summed E-state index contributed by atoms with van der Waals surface area (Å²) >= 11 is 0. The van der Waals surface area contributed by atoms with E-state index in [0.717, 1.165) is 22.3 Å². The van der Waals surface area contributed by atoms with Gasteiger partial charge in [0.2, 0.25) is 0 Å². The summed E-state index contributed by atoms with van der Waals surface area (Å²) in [7, 11) is 0. The fourth-order valence-corrected chi connectivity index (χ4v) is 7.49. The first-order chi connectivity index (χ1) is 36.2. The Balaban J connectivity index is 0.00000924. The second-order valence-electron chi connectivity index (χ2n) is 18.1. The van der Waals surface area contributed by atoms with E-state index in [9.17, 15) is 6.48 Å². The van der Waals surface area contributed by atoms with Crippen LogP contribution in [0.4, 0.5) is 0 Å². The predicted molar refractivity (Wildman–Crippen MR) is 261 cm³/mol. The van der Waals surface area contributed by atoms with Gasteiger partial charge in [-0.05, 0) is 98.3 Å². The molecule has 6 aromatic carbocycles. The number of rotatable bonds is 7. The van der Waals surface area contributed by atoms with Crippen LogP contribution in [0, 0.1) is 13.0 Å². The number of phenolic OH excluding ortho intramolecular Hbond substituents is 1. The Bertz CT molecular complexity index is 3680. The third-order valence-electron chi connectivity index (χ3n) is 11.1. The summed E-state index contributed by atoms with van der Waals surface area (Å²) < 4.78 is 149. The average molecular weight is 1030 g/mol. The molecule has 0 spiro atoms. The number of phenols is 1. The Morgan fingerprint density at radius 1 is 0.683 bits per heavy atom. The van der Waals surface area contributed by atoms with Crippen LogP contribution in [0.15, 0.2) is 133 Å². The molecule has 0 fully saturated rings. The largest absolute Gasteiger partial charge is 0.507 e. The molecule has 0 aliphatic rings. The summed E-state index contributed by atoms with van der Waals surface area (Å²) in [5, 5.41) is 12.1. The van der Waals surface area contributed by atoms with Gasteiger partial charge in [0.1, 0.15) is 11.6 Å². The predicted octanol–water partition coefficient (Wildman–Crippen LogP) is 15.6. The van der Waals surface area contributed by atoms with Crippen molar-refractivity contribution in [2.45, 2.75) is 105 Å². The van der Waals surface area contributed by atoms with E-state index in [0.29, 0.717) is 50.4 Å². The van der Waals surface area contributed by atoms with Crippen LogP contribution in [0.25, 0.3) is 72.7 Å². The van der Waals surface area contributed by atoms with Crippen molar-refractivity contribution in [3.8, 4) is 67.5 Å². The zero-order valence-electron chi connectivity index (χ0n) is 53.8. The van der Waals surface area contributed by atoms with Crippen molar-refractivity contribution in [3.63, 3.8) is 0 Å². The summed E-state index contributed by atoms with van der Waals surface area (Å²) in [6, 6.07) is 25.8. The molecule has 0 bridgehead atoms. The molecule has 0 aliphatic carbocycles. The van der Waals surface area contributed by atoms with Crippen LogP contribution < -0.4 is 0 Å². The van der Waals surface area contributed by atoms with Crippen LogP contribution in [0.5, 0.6) is 5.75 Å². The monoisotopic (exact) mass is 1030 g/mol. The van der Waals surface area contributed by atoms with Crippen LogP contribution >= 0.6 is 0 Å². The molecule has 324 valence electrons. The van der Waals surface area contributed by atoms with Gasteiger partial charge in [0.25, 0.3) is 0 Å². The summed E-state index contributed by atoms with van der Waals surface area (Å²) in [6.45, 7) is 5.80. The van der Waals surface area contributed by atoms with Gasteiger partial charge in [0.05, 0.1) is 31.9 Å². The summed E-state index contributed by atoms with van der Waals surface area (Å²) in [4.78, 5) is 9.79. The van der Waals surface area contributed by atoms with Crippen molar-refractivity contribution >= 4 is 11.0 Å². The van der Waals surface area contributed by atoms with E-state index in [1.54, 1.807) is 6.07 Å². The number of aryl methyl sites for hydroxylation is 1. The molecule has 5 heteroatoms. The van der Waals surface area contributed by atoms with Gasteiger partial charge in [-0.2, -0.15) is 0 Å². The number of fused-ring (bicyclic) bond motifs is 1. The molecule has 2 heterocycles. The number of aromatic hydroxyl groups is 1. The molecule has 0 unspecified atom stereocenters. The maximum absolute atomic E-state index is 12.1. The van der Waals surface area contributed by atoms with E-state index in [4.69, 9.17) is 26.9 Å². The smallest absolute Gasteiger partial charge is 0.148 e. The van der Waals surface area contributed by atoms with Crippen LogP contribution in [0.2, 0.25) is 0 Å². The Kier molecular flexibility index (Phi) is 7.71. The van der Waals surface area contributed by atoms with Crippen molar-refractivity contribution in [3.05, 3.63) is 167 Å². The van der Waals surface area contributed by atoms with E-state index < -0.39 is 96.4 Å². The minimum Gasteiger partial charge on any atom is -0.507 e. The van der Waals surface area contributed by atoms with E-state index in [1.807, 2.05) is 131 Å². The maximum Gasteiger partial charge on any atom is 0.148 e. The number of para-hydroxylation sites is 1. The first-order valence-electron chi connectivity index (χ1n) is 29.0. The van der Waals surface area contributed by atoms with Gasteiger partial charge in [-0.3, -0.25) is 9.55 Å². The second-order valence-corrected chi connectivity index (χ2v) is 18.1. The van der Waals surface area contributed by atoms with Gasteiger partial charge in [-0.25, -0.2) is 4.98 Å². The normalized spacial score (nSPS) is 16.9. The molecule has 8 rings (SSSR count). The minimum atomic E-state index is -3.93. The number of imidazole rings is 1. The van der Waals surface area contributed by atoms with Crippen LogP contribution in [0.3, 0.4) is 0 Å². The molecular formula is C58H60N3OPt-. The summed E-state index contributed by atoms with van der Waals surface area (Å²) in [5.74, 6) is -0.533. The van der Waals surface area contributed by atoms with Gasteiger partial charge < -0.3 is 5.11 Å². The van der Waals surface area contributed by atoms with Crippen LogP contribution in [-0.4, -0.2) is 19.6 Å². The van der Waals surface area contributed by atoms with Crippen molar-refractivity contribution in [2.75, 3.05) is 0 Å². The molecule has 8 aromatic rings. The first kappa shape index (κ1) is 28.3. The van der Waals surface area contributed by atoms with E-state index in [1.165, 1.54) is 0 Å². The topological polar surface area (TPSA) is 50.9 Å². The van der Waals surface area contributed by atoms with Crippen LogP contribution in [-0.2, 0) is 37.3 Å². The number of nitrogens with zero attached hydrogens (tertiary/aromatic N) is 3. The number of aromatic nitrogens is 3. The third kappa shape index (κ3) is 9.11. The number of pyridine rings is 1. The molecule has 0 aliphatic heterocycles. The Labute approximate surface area is 413 Å². The maximum atomic E-state index is 12.1. The molecule has 2 aromatic heterocycles. The molecule has 0 atom stereocenters. The van der Waals surface area contributed by atoms with E-state index >= 15 is 0 Å². The summed E-state index contributed by atoms with van der Waals surface area (Å²) in [5.41, 5.74) is 0.122. The molecule has 0 radical (unpaired) electrons. The molecule has 0 saturated carbocycles. The van der Waals surface area contributed by atoms with Crippen molar-refractivity contribution < 1.29 is 49.5 Å². The van der Waals surface area contributed by atoms with E-state index in [2.05, 4.69) is 31.8 Å². The minimum absolute atomic E-state index is 0. The van der Waals surface area contributed by atoms with Gasteiger partial charge in [0.15, 0.2) is 0 Å². The average Bonchev–Trinajstić information content (AvgIpc) is 3.87. The van der Waals surface area contributed by atoms with Gasteiger partial charge >= 0.3 is 0 Å². The van der Waals surface area contributed by atoms with Gasteiger partial charge in [0, 0.05) is 52.2 Å². The van der Waals surface area contributed by atoms with Crippen molar-refractivity contribution in [2.24, 2.45) is 0 Å². The zero-order valence-corrected chi connectivity index (χ0v) is 39.0. The Morgan fingerprint density at radius 3 is 2.03 bits per heavy atom. The molecule has 1 N–H and O–H groups in total.